The normalized spacial score (nSPS) is 10.6. The largest absolute Gasteiger partial charge is 0.494 e. The Morgan fingerprint density at radius 3 is 2.12 bits per heavy atom. The molecule has 0 N–H and O–H groups in total. The van der Waals surface area contributed by atoms with Gasteiger partial charge in [0.25, 0.3) is 0 Å². The van der Waals surface area contributed by atoms with Gasteiger partial charge in [0.05, 0.1) is 6.61 Å². The lowest BCUT2D eigenvalue weighted by atomic mass is 10.1. The third-order valence-electron chi connectivity index (χ3n) is 4.76. The van der Waals surface area contributed by atoms with Gasteiger partial charge in [0.15, 0.2) is 5.78 Å². The highest BCUT2D eigenvalue weighted by Gasteiger charge is 2.05. The van der Waals surface area contributed by atoms with Crippen molar-refractivity contribution in [2.45, 2.75) is 19.3 Å². The molecule has 0 amide bonds. The molecule has 0 aliphatic rings. The predicted molar refractivity (Wildman–Crippen MR) is 128 cm³/mol. The summed E-state index contributed by atoms with van der Waals surface area (Å²) in [5.41, 5.74) is 2.54. The molecule has 0 atom stereocenters. The van der Waals surface area contributed by atoms with Gasteiger partial charge in [-0.1, -0.05) is 73.3 Å². The minimum Gasteiger partial charge on any atom is -0.494 e. The molecule has 32 heavy (non-hydrogen) atoms. The molecule has 162 valence electrons. The summed E-state index contributed by atoms with van der Waals surface area (Å²) in [6.45, 7) is 4.27. The molecular weight excluding hydrogens is 400 g/mol. The van der Waals surface area contributed by atoms with Crippen LogP contribution in [0.3, 0.4) is 0 Å². The fraction of sp³-hybridized carbons (Fsp3) is 0.143. The van der Waals surface area contributed by atoms with E-state index in [1.807, 2.05) is 54.6 Å². The molecule has 0 saturated carbocycles. The van der Waals surface area contributed by atoms with Gasteiger partial charge in [-0.15, -0.1) is 0 Å². The van der Waals surface area contributed by atoms with E-state index in [0.29, 0.717) is 30.8 Å². The fourth-order valence-electron chi connectivity index (χ4n) is 2.96. The predicted octanol–water partition coefficient (Wildman–Crippen LogP) is 6.38. The van der Waals surface area contributed by atoms with Crippen molar-refractivity contribution >= 4 is 23.9 Å². The van der Waals surface area contributed by atoms with Crippen LogP contribution in [-0.2, 0) is 4.79 Å². The molecule has 0 aliphatic heterocycles. The average molecular weight is 427 g/mol. The highest BCUT2D eigenvalue weighted by molar-refractivity contribution is 6.06. The standard InChI is InChI=1S/C28H26O4/c1-2-22-11-16-25(17-12-22)31-21-7-6-10-28(30)32-26-18-13-23(14-19-26)15-20-27(29)24-8-4-3-5-9-24/h2-5,8-9,11-20H,1,6-7,10,21H2. The summed E-state index contributed by atoms with van der Waals surface area (Å²) in [6.07, 6.45) is 6.83. The number of hydrogen-bond acceptors (Lipinski definition) is 4. The molecule has 0 aromatic heterocycles. The molecule has 0 radical (unpaired) electrons. The van der Waals surface area contributed by atoms with E-state index < -0.39 is 0 Å². The van der Waals surface area contributed by atoms with Crippen molar-refractivity contribution in [3.63, 3.8) is 0 Å². The maximum absolute atomic E-state index is 12.1. The molecule has 0 spiro atoms. The minimum atomic E-state index is -0.275. The lowest BCUT2D eigenvalue weighted by Gasteiger charge is -2.07. The second kappa shape index (κ2) is 12.1. The number of benzene rings is 3. The van der Waals surface area contributed by atoms with Gasteiger partial charge in [0, 0.05) is 12.0 Å². The Labute approximate surface area is 188 Å². The molecule has 3 aromatic carbocycles. The molecule has 0 bridgehead atoms. The van der Waals surface area contributed by atoms with Crippen molar-refractivity contribution in [1.29, 1.82) is 0 Å². The Hall–Kier alpha value is -3.92. The average Bonchev–Trinajstić information content (AvgIpc) is 2.84. The maximum Gasteiger partial charge on any atom is 0.311 e. The highest BCUT2D eigenvalue weighted by Crippen LogP contribution is 2.16. The minimum absolute atomic E-state index is 0.0566. The Morgan fingerprint density at radius 2 is 1.44 bits per heavy atom. The molecule has 0 heterocycles. The van der Waals surface area contributed by atoms with Crippen LogP contribution in [0.25, 0.3) is 12.2 Å². The lowest BCUT2D eigenvalue weighted by Crippen LogP contribution is -2.08. The van der Waals surface area contributed by atoms with Crippen LogP contribution in [-0.4, -0.2) is 18.4 Å². The first-order valence-electron chi connectivity index (χ1n) is 10.6. The highest BCUT2D eigenvalue weighted by atomic mass is 16.5. The third-order valence-corrected chi connectivity index (χ3v) is 4.76. The number of carbonyl (C=O) groups is 2. The number of carbonyl (C=O) groups excluding carboxylic acids is 2. The lowest BCUT2D eigenvalue weighted by molar-refractivity contribution is -0.134. The summed E-state index contributed by atoms with van der Waals surface area (Å²) in [4.78, 5) is 24.2. The van der Waals surface area contributed by atoms with Crippen LogP contribution >= 0.6 is 0 Å². The monoisotopic (exact) mass is 426 g/mol. The maximum atomic E-state index is 12.1. The van der Waals surface area contributed by atoms with Crippen molar-refractivity contribution in [2.24, 2.45) is 0 Å². The molecular formula is C28H26O4. The Morgan fingerprint density at radius 1 is 0.781 bits per heavy atom. The van der Waals surface area contributed by atoms with E-state index in [2.05, 4.69) is 6.58 Å². The summed E-state index contributed by atoms with van der Waals surface area (Å²) in [7, 11) is 0. The zero-order valence-electron chi connectivity index (χ0n) is 17.9. The first-order valence-corrected chi connectivity index (χ1v) is 10.6. The summed E-state index contributed by atoms with van der Waals surface area (Å²) in [6, 6.07) is 23.9. The molecule has 3 rings (SSSR count). The Bertz CT molecular complexity index is 1050. The van der Waals surface area contributed by atoms with Crippen molar-refractivity contribution in [2.75, 3.05) is 6.61 Å². The molecule has 0 saturated heterocycles. The van der Waals surface area contributed by atoms with E-state index in [1.54, 1.807) is 36.4 Å². The number of rotatable bonds is 11. The SMILES string of the molecule is C=Cc1ccc(OCCCCC(=O)Oc2ccc(C=CC(=O)c3ccccc3)cc2)cc1. The number of ketones is 1. The number of hydrogen-bond donors (Lipinski definition) is 0. The van der Waals surface area contributed by atoms with Crippen LogP contribution in [0.2, 0.25) is 0 Å². The van der Waals surface area contributed by atoms with Gasteiger partial charge in [0.2, 0.25) is 0 Å². The van der Waals surface area contributed by atoms with E-state index in [0.717, 1.165) is 23.3 Å². The van der Waals surface area contributed by atoms with Crippen LogP contribution < -0.4 is 9.47 Å². The van der Waals surface area contributed by atoms with Gasteiger partial charge in [-0.05, 0) is 54.3 Å². The van der Waals surface area contributed by atoms with Crippen molar-refractivity contribution in [3.05, 3.63) is 108 Å². The fourth-order valence-corrected chi connectivity index (χ4v) is 2.96. The van der Waals surface area contributed by atoms with Gasteiger partial charge in [0.1, 0.15) is 11.5 Å². The van der Waals surface area contributed by atoms with E-state index in [-0.39, 0.29) is 11.8 Å². The molecule has 3 aromatic rings. The van der Waals surface area contributed by atoms with Gasteiger partial charge >= 0.3 is 5.97 Å². The first-order chi connectivity index (χ1) is 15.6. The summed E-state index contributed by atoms with van der Waals surface area (Å²) < 4.78 is 11.0. The van der Waals surface area contributed by atoms with Crippen LogP contribution in [0.5, 0.6) is 11.5 Å². The van der Waals surface area contributed by atoms with Gasteiger partial charge < -0.3 is 9.47 Å². The number of allylic oxidation sites excluding steroid dienone is 1. The Balaban J connectivity index is 1.36. The number of unbranched alkanes of at least 4 members (excludes halogenated alkanes) is 1. The van der Waals surface area contributed by atoms with E-state index >= 15 is 0 Å². The van der Waals surface area contributed by atoms with Crippen LogP contribution in [0, 0.1) is 0 Å². The molecule has 0 unspecified atom stereocenters. The van der Waals surface area contributed by atoms with Crippen LogP contribution in [0.15, 0.2) is 91.5 Å². The molecule has 4 nitrogen and oxygen atoms in total. The Kier molecular flexibility index (Phi) is 8.58. The van der Waals surface area contributed by atoms with Gasteiger partial charge in [-0.2, -0.15) is 0 Å². The van der Waals surface area contributed by atoms with E-state index in [9.17, 15) is 9.59 Å². The summed E-state index contributed by atoms with van der Waals surface area (Å²) in [5, 5.41) is 0. The van der Waals surface area contributed by atoms with Crippen molar-refractivity contribution in [3.8, 4) is 11.5 Å². The third kappa shape index (κ3) is 7.40. The smallest absolute Gasteiger partial charge is 0.311 e. The second-order valence-corrected chi connectivity index (χ2v) is 7.19. The van der Waals surface area contributed by atoms with Gasteiger partial charge in [-0.25, -0.2) is 0 Å². The summed E-state index contributed by atoms with van der Waals surface area (Å²) in [5.74, 6) is 0.958. The molecule has 0 aliphatic carbocycles. The number of ether oxygens (including phenoxy) is 2. The first kappa shape index (κ1) is 22.8. The molecule has 4 heteroatoms. The second-order valence-electron chi connectivity index (χ2n) is 7.19. The molecule has 0 fully saturated rings. The van der Waals surface area contributed by atoms with Crippen LogP contribution in [0.1, 0.15) is 40.7 Å². The summed E-state index contributed by atoms with van der Waals surface area (Å²) >= 11 is 0. The van der Waals surface area contributed by atoms with E-state index in [1.165, 1.54) is 6.08 Å². The van der Waals surface area contributed by atoms with Crippen molar-refractivity contribution < 1.29 is 19.1 Å². The van der Waals surface area contributed by atoms with E-state index in [4.69, 9.17) is 9.47 Å². The quantitative estimate of drug-likeness (QED) is 0.117. The van der Waals surface area contributed by atoms with Gasteiger partial charge in [-0.3, -0.25) is 9.59 Å². The van der Waals surface area contributed by atoms with Crippen LogP contribution in [0.4, 0.5) is 0 Å². The zero-order valence-corrected chi connectivity index (χ0v) is 17.9. The zero-order chi connectivity index (χ0) is 22.6. The number of esters is 1. The topological polar surface area (TPSA) is 52.6 Å². The van der Waals surface area contributed by atoms with Crippen molar-refractivity contribution in [1.82, 2.24) is 0 Å².